The van der Waals surface area contributed by atoms with Gasteiger partial charge in [0.2, 0.25) is 0 Å². The van der Waals surface area contributed by atoms with Crippen molar-refractivity contribution in [1.29, 1.82) is 0 Å². The molecule has 1 saturated heterocycles. The van der Waals surface area contributed by atoms with Crippen molar-refractivity contribution in [2.75, 3.05) is 26.2 Å². The number of rotatable bonds is 4. The van der Waals surface area contributed by atoms with Crippen molar-refractivity contribution in [2.45, 2.75) is 45.2 Å². The standard InChI is InChI=1S/C15H26N4/c1-13-16-7-9-19(13)11-10-18-8-3-6-17-15(2,12-18)14-4-5-14/h7,9,14,17H,3-6,8,10-12H2,1-2H3. The van der Waals surface area contributed by atoms with Crippen molar-refractivity contribution in [3.63, 3.8) is 0 Å². The van der Waals surface area contributed by atoms with Crippen LogP contribution in [0.4, 0.5) is 0 Å². The van der Waals surface area contributed by atoms with Gasteiger partial charge in [-0.2, -0.15) is 0 Å². The van der Waals surface area contributed by atoms with E-state index in [0.717, 1.165) is 24.8 Å². The predicted molar refractivity (Wildman–Crippen MR) is 77.2 cm³/mol. The van der Waals surface area contributed by atoms with Crippen molar-refractivity contribution in [3.8, 4) is 0 Å². The average molecular weight is 262 g/mol. The highest BCUT2D eigenvalue weighted by Crippen LogP contribution is 2.40. The van der Waals surface area contributed by atoms with Gasteiger partial charge in [0.15, 0.2) is 0 Å². The van der Waals surface area contributed by atoms with Gasteiger partial charge in [-0.15, -0.1) is 0 Å². The Balaban J connectivity index is 1.58. The molecule has 0 radical (unpaired) electrons. The lowest BCUT2D eigenvalue weighted by molar-refractivity contribution is 0.195. The zero-order chi connectivity index (χ0) is 13.3. The summed E-state index contributed by atoms with van der Waals surface area (Å²) in [4.78, 5) is 6.93. The molecule has 0 spiro atoms. The molecule has 1 aromatic rings. The van der Waals surface area contributed by atoms with Crippen LogP contribution >= 0.6 is 0 Å². The lowest BCUT2D eigenvalue weighted by Crippen LogP contribution is -2.51. The molecule has 1 atom stereocenters. The Morgan fingerprint density at radius 1 is 1.42 bits per heavy atom. The summed E-state index contributed by atoms with van der Waals surface area (Å²) in [5.41, 5.74) is 0.348. The van der Waals surface area contributed by atoms with Gasteiger partial charge in [0.05, 0.1) is 0 Å². The molecule has 19 heavy (non-hydrogen) atoms. The fraction of sp³-hybridized carbons (Fsp3) is 0.800. The first-order chi connectivity index (χ1) is 9.17. The van der Waals surface area contributed by atoms with Crippen molar-refractivity contribution >= 4 is 0 Å². The van der Waals surface area contributed by atoms with Crippen LogP contribution < -0.4 is 5.32 Å². The molecule has 106 valence electrons. The van der Waals surface area contributed by atoms with E-state index < -0.39 is 0 Å². The molecule has 2 aliphatic rings. The lowest BCUT2D eigenvalue weighted by Gasteiger charge is -2.34. The molecule has 3 rings (SSSR count). The summed E-state index contributed by atoms with van der Waals surface area (Å²) in [5, 5.41) is 3.79. The largest absolute Gasteiger partial charge is 0.334 e. The molecule has 1 aliphatic heterocycles. The minimum absolute atomic E-state index is 0.348. The second-order valence-corrected chi connectivity index (χ2v) is 6.42. The molecule has 1 aromatic heterocycles. The average Bonchev–Trinajstić information content (AvgIpc) is 3.17. The lowest BCUT2D eigenvalue weighted by atomic mass is 9.95. The summed E-state index contributed by atoms with van der Waals surface area (Å²) in [6.45, 7) is 10.3. The summed E-state index contributed by atoms with van der Waals surface area (Å²) in [5.74, 6) is 2.03. The zero-order valence-corrected chi connectivity index (χ0v) is 12.2. The molecule has 4 nitrogen and oxygen atoms in total. The number of nitrogens with one attached hydrogen (secondary N) is 1. The van der Waals surface area contributed by atoms with Gasteiger partial charge in [0.25, 0.3) is 0 Å². The van der Waals surface area contributed by atoms with Crippen molar-refractivity contribution < 1.29 is 0 Å². The zero-order valence-electron chi connectivity index (χ0n) is 12.2. The third kappa shape index (κ3) is 3.00. The Labute approximate surface area is 116 Å². The Morgan fingerprint density at radius 2 is 2.26 bits per heavy atom. The SMILES string of the molecule is Cc1nccn1CCN1CCCNC(C)(C2CC2)C1. The Hall–Kier alpha value is -0.870. The van der Waals surface area contributed by atoms with Crippen LogP contribution in [0.25, 0.3) is 0 Å². The summed E-state index contributed by atoms with van der Waals surface area (Å²) in [7, 11) is 0. The summed E-state index contributed by atoms with van der Waals surface area (Å²) < 4.78 is 2.26. The third-order valence-corrected chi connectivity index (χ3v) is 4.79. The fourth-order valence-corrected chi connectivity index (χ4v) is 3.35. The molecule has 1 unspecified atom stereocenters. The molecule has 1 aliphatic carbocycles. The van der Waals surface area contributed by atoms with E-state index >= 15 is 0 Å². The van der Waals surface area contributed by atoms with Crippen LogP contribution in [-0.4, -0.2) is 46.2 Å². The van der Waals surface area contributed by atoms with Crippen LogP contribution in [0.1, 0.15) is 32.0 Å². The maximum Gasteiger partial charge on any atom is 0.105 e. The highest BCUT2D eigenvalue weighted by molar-refractivity contribution is 5.01. The van der Waals surface area contributed by atoms with Gasteiger partial charge >= 0.3 is 0 Å². The molecule has 2 fully saturated rings. The molecule has 2 heterocycles. The van der Waals surface area contributed by atoms with Gasteiger partial charge < -0.3 is 9.88 Å². The Morgan fingerprint density at radius 3 is 2.95 bits per heavy atom. The van der Waals surface area contributed by atoms with E-state index in [-0.39, 0.29) is 0 Å². The Kier molecular flexibility index (Phi) is 3.63. The van der Waals surface area contributed by atoms with Crippen LogP contribution in [-0.2, 0) is 6.54 Å². The van der Waals surface area contributed by atoms with Gasteiger partial charge in [-0.3, -0.25) is 4.90 Å². The van der Waals surface area contributed by atoms with Gasteiger partial charge in [0.1, 0.15) is 5.82 Å². The number of nitrogens with zero attached hydrogens (tertiary/aromatic N) is 3. The van der Waals surface area contributed by atoms with Crippen molar-refractivity contribution in [2.24, 2.45) is 5.92 Å². The molecule has 4 heteroatoms. The van der Waals surface area contributed by atoms with Crippen molar-refractivity contribution in [1.82, 2.24) is 19.8 Å². The molecule has 0 bridgehead atoms. The minimum atomic E-state index is 0.348. The van der Waals surface area contributed by atoms with E-state index in [1.807, 2.05) is 6.20 Å². The smallest absolute Gasteiger partial charge is 0.105 e. The number of aryl methyl sites for hydroxylation is 1. The quantitative estimate of drug-likeness (QED) is 0.896. The molecule has 1 saturated carbocycles. The molecule has 0 amide bonds. The van der Waals surface area contributed by atoms with E-state index in [0.29, 0.717) is 5.54 Å². The third-order valence-electron chi connectivity index (χ3n) is 4.79. The van der Waals surface area contributed by atoms with Gasteiger partial charge in [-0.05, 0) is 52.1 Å². The Bertz CT molecular complexity index is 424. The number of hydrogen-bond acceptors (Lipinski definition) is 3. The van der Waals surface area contributed by atoms with E-state index in [9.17, 15) is 0 Å². The van der Waals surface area contributed by atoms with E-state index in [1.54, 1.807) is 0 Å². The number of aromatic nitrogens is 2. The van der Waals surface area contributed by atoms with Crippen LogP contribution in [0.15, 0.2) is 12.4 Å². The first kappa shape index (κ1) is 13.1. The van der Waals surface area contributed by atoms with E-state index in [1.165, 1.54) is 38.9 Å². The van der Waals surface area contributed by atoms with Crippen LogP contribution in [0.3, 0.4) is 0 Å². The summed E-state index contributed by atoms with van der Waals surface area (Å²) in [6, 6.07) is 0. The summed E-state index contributed by atoms with van der Waals surface area (Å²) in [6.07, 6.45) is 8.08. The first-order valence-electron chi connectivity index (χ1n) is 7.62. The molecular formula is C15H26N4. The van der Waals surface area contributed by atoms with E-state index in [2.05, 4.69) is 39.8 Å². The maximum atomic E-state index is 4.30. The van der Waals surface area contributed by atoms with Gasteiger partial charge in [0, 0.05) is 37.6 Å². The van der Waals surface area contributed by atoms with Crippen LogP contribution in [0, 0.1) is 12.8 Å². The van der Waals surface area contributed by atoms with Crippen molar-refractivity contribution in [3.05, 3.63) is 18.2 Å². The molecule has 0 aromatic carbocycles. The summed E-state index contributed by atoms with van der Waals surface area (Å²) >= 11 is 0. The highest BCUT2D eigenvalue weighted by Gasteiger charge is 2.42. The monoisotopic (exact) mass is 262 g/mol. The predicted octanol–water partition coefficient (Wildman–Crippen LogP) is 1.66. The highest BCUT2D eigenvalue weighted by atomic mass is 15.2. The second kappa shape index (κ2) is 5.25. The molecule has 1 N–H and O–H groups in total. The molecular weight excluding hydrogens is 236 g/mol. The van der Waals surface area contributed by atoms with Gasteiger partial charge in [-0.1, -0.05) is 0 Å². The maximum absolute atomic E-state index is 4.30. The normalized spacial score (nSPS) is 29.4. The van der Waals surface area contributed by atoms with Gasteiger partial charge in [-0.25, -0.2) is 4.98 Å². The minimum Gasteiger partial charge on any atom is -0.334 e. The second-order valence-electron chi connectivity index (χ2n) is 6.42. The van der Waals surface area contributed by atoms with Crippen LogP contribution in [0.5, 0.6) is 0 Å². The first-order valence-corrected chi connectivity index (χ1v) is 7.62. The van der Waals surface area contributed by atoms with E-state index in [4.69, 9.17) is 0 Å². The number of imidazole rings is 1. The number of hydrogen-bond donors (Lipinski definition) is 1. The topological polar surface area (TPSA) is 33.1 Å². The fourth-order valence-electron chi connectivity index (χ4n) is 3.35. The van der Waals surface area contributed by atoms with Crippen LogP contribution in [0.2, 0.25) is 0 Å².